The number of benzene rings is 3. The summed E-state index contributed by atoms with van der Waals surface area (Å²) in [7, 11) is 0. The van der Waals surface area contributed by atoms with E-state index in [0.29, 0.717) is 18.0 Å². The molecule has 5 rings (SSSR count). The molecule has 3 aromatic rings. The Morgan fingerprint density at radius 3 is 2.26 bits per heavy atom. The second kappa shape index (κ2) is 6.83. The van der Waals surface area contributed by atoms with Crippen LogP contribution in [0.2, 0.25) is 0 Å². The minimum atomic E-state index is 0.414. The highest BCUT2D eigenvalue weighted by atomic mass is 15.2. The molecule has 0 spiro atoms. The fourth-order valence-electron chi connectivity index (χ4n) is 5.20. The van der Waals surface area contributed by atoms with Gasteiger partial charge >= 0.3 is 0 Å². The van der Waals surface area contributed by atoms with Crippen molar-refractivity contribution in [3.8, 4) is 0 Å². The standard InChI is InChI=1S/C26H25N/c1-2-10-24-22-15-8-9-16-23(22)26-21-14-7-6-13-20(21)18-27(24)25(26)17-19-11-4-3-5-12-19/h2-9,11-16,24-26H,1,10,17-18H2/t24-,25-,26-/m0/s1. The Morgan fingerprint density at radius 1 is 0.815 bits per heavy atom. The van der Waals surface area contributed by atoms with Gasteiger partial charge in [0.1, 0.15) is 0 Å². The Kier molecular flexibility index (Phi) is 4.18. The third-order valence-corrected chi connectivity index (χ3v) is 6.32. The zero-order chi connectivity index (χ0) is 18.2. The molecule has 0 aliphatic carbocycles. The van der Waals surface area contributed by atoms with Crippen LogP contribution in [-0.4, -0.2) is 10.9 Å². The highest BCUT2D eigenvalue weighted by molar-refractivity contribution is 5.49. The Morgan fingerprint density at radius 2 is 1.48 bits per heavy atom. The van der Waals surface area contributed by atoms with Crippen molar-refractivity contribution in [3.05, 3.63) is 119 Å². The molecule has 2 aliphatic heterocycles. The highest BCUT2D eigenvalue weighted by Crippen LogP contribution is 2.50. The van der Waals surface area contributed by atoms with Gasteiger partial charge in [-0.25, -0.2) is 0 Å². The lowest BCUT2D eigenvalue weighted by Crippen LogP contribution is -2.50. The Bertz CT molecular complexity index is 959. The molecule has 0 aromatic heterocycles. The van der Waals surface area contributed by atoms with Crippen LogP contribution >= 0.6 is 0 Å². The molecule has 0 N–H and O–H groups in total. The van der Waals surface area contributed by atoms with Crippen LogP contribution in [-0.2, 0) is 13.0 Å². The molecule has 0 radical (unpaired) electrons. The van der Waals surface area contributed by atoms with E-state index in [-0.39, 0.29) is 0 Å². The van der Waals surface area contributed by atoms with E-state index in [0.717, 1.165) is 19.4 Å². The van der Waals surface area contributed by atoms with Crippen molar-refractivity contribution in [1.82, 2.24) is 4.90 Å². The average molecular weight is 351 g/mol. The van der Waals surface area contributed by atoms with E-state index in [1.165, 1.54) is 27.8 Å². The highest BCUT2D eigenvalue weighted by Gasteiger charge is 2.44. The fraction of sp³-hybridized carbons (Fsp3) is 0.231. The van der Waals surface area contributed by atoms with Gasteiger partial charge in [0.2, 0.25) is 0 Å². The maximum atomic E-state index is 4.06. The molecule has 2 bridgehead atoms. The van der Waals surface area contributed by atoms with Crippen LogP contribution in [0.25, 0.3) is 0 Å². The maximum absolute atomic E-state index is 4.06. The molecule has 0 amide bonds. The summed E-state index contributed by atoms with van der Waals surface area (Å²) in [6, 6.07) is 30.0. The van der Waals surface area contributed by atoms with Crippen molar-refractivity contribution in [3.63, 3.8) is 0 Å². The van der Waals surface area contributed by atoms with Crippen molar-refractivity contribution < 1.29 is 0 Å². The van der Waals surface area contributed by atoms with Crippen molar-refractivity contribution in [1.29, 1.82) is 0 Å². The van der Waals surface area contributed by atoms with Gasteiger partial charge in [0, 0.05) is 24.5 Å². The first-order valence-corrected chi connectivity index (χ1v) is 9.94. The second-order valence-corrected chi connectivity index (χ2v) is 7.77. The quantitative estimate of drug-likeness (QED) is 0.531. The van der Waals surface area contributed by atoms with Crippen LogP contribution in [0.15, 0.2) is 91.5 Å². The van der Waals surface area contributed by atoms with Crippen LogP contribution < -0.4 is 0 Å². The average Bonchev–Trinajstić information content (AvgIpc) is 2.72. The van der Waals surface area contributed by atoms with Gasteiger partial charge < -0.3 is 0 Å². The first-order chi connectivity index (χ1) is 13.4. The summed E-state index contributed by atoms with van der Waals surface area (Å²) in [5.74, 6) is 0.437. The molecular formula is C26H25N. The third-order valence-electron chi connectivity index (χ3n) is 6.32. The summed E-state index contributed by atoms with van der Waals surface area (Å²) in [5, 5.41) is 0. The third kappa shape index (κ3) is 2.74. The summed E-state index contributed by atoms with van der Waals surface area (Å²) in [4.78, 5) is 2.74. The van der Waals surface area contributed by atoms with Crippen molar-refractivity contribution >= 4 is 0 Å². The molecule has 1 nitrogen and oxygen atoms in total. The number of hydrogen-bond acceptors (Lipinski definition) is 1. The van der Waals surface area contributed by atoms with Gasteiger partial charge in [-0.3, -0.25) is 4.90 Å². The maximum Gasteiger partial charge on any atom is 0.0392 e. The molecular weight excluding hydrogens is 326 g/mol. The molecule has 3 aromatic carbocycles. The van der Waals surface area contributed by atoms with Crippen LogP contribution in [0.5, 0.6) is 0 Å². The molecule has 1 unspecified atom stereocenters. The van der Waals surface area contributed by atoms with E-state index in [1.54, 1.807) is 0 Å². The van der Waals surface area contributed by atoms with Crippen molar-refractivity contribution in [2.45, 2.75) is 37.4 Å². The van der Waals surface area contributed by atoms with E-state index in [1.807, 2.05) is 0 Å². The van der Waals surface area contributed by atoms with Crippen LogP contribution in [0.3, 0.4) is 0 Å². The van der Waals surface area contributed by atoms with Crippen molar-refractivity contribution in [2.75, 3.05) is 0 Å². The monoisotopic (exact) mass is 351 g/mol. The lowest BCUT2D eigenvalue weighted by atomic mass is 9.70. The summed E-state index contributed by atoms with van der Waals surface area (Å²) in [6.07, 6.45) is 4.17. The second-order valence-electron chi connectivity index (χ2n) is 7.77. The predicted molar refractivity (Wildman–Crippen MR) is 112 cm³/mol. The van der Waals surface area contributed by atoms with Crippen LogP contribution in [0.4, 0.5) is 0 Å². The Hall–Kier alpha value is -2.64. The Labute approximate surface area is 162 Å². The van der Waals surface area contributed by atoms with Gasteiger partial charge in [-0.15, -0.1) is 6.58 Å². The molecule has 0 saturated carbocycles. The number of rotatable bonds is 4. The minimum absolute atomic E-state index is 0.414. The predicted octanol–water partition coefficient (Wildman–Crippen LogP) is 5.88. The Balaban J connectivity index is 1.68. The SMILES string of the molecule is C=CC[C@H]1c2ccccc2[C@@H]2c3ccccc3CN1[C@H]2Cc1ccccc1. The van der Waals surface area contributed by atoms with Gasteiger partial charge in [0.15, 0.2) is 0 Å². The van der Waals surface area contributed by atoms with Gasteiger partial charge in [-0.1, -0.05) is 84.9 Å². The lowest BCUT2D eigenvalue weighted by Gasteiger charge is -2.51. The van der Waals surface area contributed by atoms with Crippen LogP contribution in [0.1, 0.15) is 46.2 Å². The largest absolute Gasteiger partial charge is 0.288 e. The summed E-state index contributed by atoms with van der Waals surface area (Å²) in [6.45, 7) is 5.08. The molecule has 27 heavy (non-hydrogen) atoms. The van der Waals surface area contributed by atoms with Gasteiger partial charge in [0.25, 0.3) is 0 Å². The summed E-state index contributed by atoms with van der Waals surface area (Å²) < 4.78 is 0. The zero-order valence-corrected chi connectivity index (χ0v) is 15.6. The normalized spacial score (nSPS) is 25.3. The van der Waals surface area contributed by atoms with Crippen molar-refractivity contribution in [2.24, 2.45) is 0 Å². The van der Waals surface area contributed by atoms with Gasteiger partial charge in [-0.2, -0.15) is 0 Å². The minimum Gasteiger partial charge on any atom is -0.288 e. The first kappa shape index (κ1) is 16.5. The van der Waals surface area contributed by atoms with E-state index in [2.05, 4.69) is 96.4 Å². The fourth-order valence-corrected chi connectivity index (χ4v) is 5.20. The molecule has 2 aliphatic rings. The summed E-state index contributed by atoms with van der Waals surface area (Å²) in [5.41, 5.74) is 7.41. The summed E-state index contributed by atoms with van der Waals surface area (Å²) >= 11 is 0. The topological polar surface area (TPSA) is 3.24 Å². The van der Waals surface area contributed by atoms with Gasteiger partial charge in [-0.05, 0) is 40.7 Å². The first-order valence-electron chi connectivity index (χ1n) is 9.94. The van der Waals surface area contributed by atoms with Crippen LogP contribution in [0, 0.1) is 0 Å². The lowest BCUT2D eigenvalue weighted by molar-refractivity contribution is 0.0826. The molecule has 134 valence electrons. The number of hydrogen-bond donors (Lipinski definition) is 0. The zero-order valence-electron chi connectivity index (χ0n) is 15.6. The molecule has 1 heteroatoms. The van der Waals surface area contributed by atoms with Gasteiger partial charge in [0.05, 0.1) is 0 Å². The van der Waals surface area contributed by atoms with E-state index in [4.69, 9.17) is 0 Å². The molecule has 2 heterocycles. The molecule has 4 atom stereocenters. The number of fused-ring (bicyclic) bond motifs is 6. The van der Waals surface area contributed by atoms with E-state index in [9.17, 15) is 0 Å². The molecule has 0 fully saturated rings. The van der Waals surface area contributed by atoms with E-state index >= 15 is 0 Å². The number of nitrogens with zero attached hydrogens (tertiary/aromatic N) is 1. The van der Waals surface area contributed by atoms with E-state index < -0.39 is 0 Å². The molecule has 0 saturated heterocycles. The smallest absolute Gasteiger partial charge is 0.0392 e.